The zero-order valence-electron chi connectivity index (χ0n) is 7.05. The summed E-state index contributed by atoms with van der Waals surface area (Å²) in [5.74, 6) is 0.725. The molecule has 0 rings (SSSR count). The number of carbonyl (C=O) groups excluding carboxylic acids is 1. The molecular formula is C7H15NOS2. The van der Waals surface area contributed by atoms with E-state index in [-0.39, 0.29) is 5.91 Å². The fourth-order valence-corrected chi connectivity index (χ4v) is 1.57. The highest BCUT2D eigenvalue weighted by Crippen LogP contribution is 2.15. The Bertz CT molecular complexity index is 109. The highest BCUT2D eigenvalue weighted by molar-refractivity contribution is 8.76. The molecule has 0 atom stereocenters. The smallest absolute Gasteiger partial charge is 0.230 e. The van der Waals surface area contributed by atoms with Gasteiger partial charge < -0.3 is 5.32 Å². The highest BCUT2D eigenvalue weighted by Gasteiger charge is 1.97. The minimum atomic E-state index is 0.151. The minimum absolute atomic E-state index is 0.151. The van der Waals surface area contributed by atoms with Crippen LogP contribution in [-0.4, -0.2) is 24.5 Å². The minimum Gasteiger partial charge on any atom is -0.355 e. The molecule has 0 aliphatic carbocycles. The van der Waals surface area contributed by atoms with Gasteiger partial charge in [-0.2, -0.15) is 0 Å². The first-order valence-corrected chi connectivity index (χ1v) is 6.46. The summed E-state index contributed by atoms with van der Waals surface area (Å²) in [6, 6.07) is 0. The number of nitrogens with one attached hydrogen (secondary N) is 1. The fourth-order valence-electron chi connectivity index (χ4n) is 0.568. The van der Waals surface area contributed by atoms with Gasteiger partial charge in [0.15, 0.2) is 0 Å². The predicted molar refractivity (Wildman–Crippen MR) is 53.9 cm³/mol. The third-order valence-corrected chi connectivity index (χ3v) is 2.84. The summed E-state index contributed by atoms with van der Waals surface area (Å²) >= 11 is 0. The first kappa shape index (κ1) is 11.2. The standard InChI is InChI=1S/C7H15NOS2/c1-3-4-5-8-7(9)6-11-10-2/h3-6H2,1-2H3,(H,8,9). The van der Waals surface area contributed by atoms with Crippen LogP contribution < -0.4 is 5.32 Å². The molecule has 0 bridgehead atoms. The van der Waals surface area contributed by atoms with Crippen LogP contribution in [0.2, 0.25) is 0 Å². The lowest BCUT2D eigenvalue weighted by molar-refractivity contribution is -0.118. The summed E-state index contributed by atoms with van der Waals surface area (Å²) in [6.07, 6.45) is 4.19. The molecule has 0 saturated heterocycles. The Balaban J connectivity index is 3.09. The van der Waals surface area contributed by atoms with Gasteiger partial charge in [-0.25, -0.2) is 0 Å². The maximum atomic E-state index is 10.9. The van der Waals surface area contributed by atoms with E-state index in [1.165, 1.54) is 0 Å². The van der Waals surface area contributed by atoms with E-state index in [2.05, 4.69) is 12.2 Å². The van der Waals surface area contributed by atoms with Crippen molar-refractivity contribution in [2.75, 3.05) is 18.6 Å². The van der Waals surface area contributed by atoms with Crippen molar-refractivity contribution in [1.82, 2.24) is 5.32 Å². The molecule has 0 fully saturated rings. The van der Waals surface area contributed by atoms with E-state index in [0.29, 0.717) is 5.75 Å². The lowest BCUT2D eigenvalue weighted by Crippen LogP contribution is -2.25. The van der Waals surface area contributed by atoms with Crippen LogP contribution in [0.25, 0.3) is 0 Å². The number of hydrogen-bond donors (Lipinski definition) is 1. The summed E-state index contributed by atoms with van der Waals surface area (Å²) in [5, 5.41) is 2.85. The Morgan fingerprint density at radius 3 is 2.82 bits per heavy atom. The molecule has 0 radical (unpaired) electrons. The second-order valence-corrected chi connectivity index (χ2v) is 4.70. The Morgan fingerprint density at radius 2 is 2.27 bits per heavy atom. The van der Waals surface area contributed by atoms with Crippen molar-refractivity contribution in [3.63, 3.8) is 0 Å². The number of unbranched alkanes of at least 4 members (excludes halogenated alkanes) is 1. The van der Waals surface area contributed by atoms with Crippen LogP contribution in [0.5, 0.6) is 0 Å². The van der Waals surface area contributed by atoms with Gasteiger partial charge in [-0.15, -0.1) is 0 Å². The number of rotatable bonds is 6. The number of carbonyl (C=O) groups is 1. The lowest BCUT2D eigenvalue weighted by atomic mass is 10.3. The largest absolute Gasteiger partial charge is 0.355 e. The van der Waals surface area contributed by atoms with E-state index in [4.69, 9.17) is 0 Å². The third kappa shape index (κ3) is 8.07. The van der Waals surface area contributed by atoms with Gasteiger partial charge in [0.2, 0.25) is 5.91 Å². The number of amides is 1. The quantitative estimate of drug-likeness (QED) is 0.516. The topological polar surface area (TPSA) is 29.1 Å². The van der Waals surface area contributed by atoms with Gasteiger partial charge in [0.05, 0.1) is 5.75 Å². The van der Waals surface area contributed by atoms with Gasteiger partial charge in [0, 0.05) is 6.54 Å². The van der Waals surface area contributed by atoms with Crippen LogP contribution in [-0.2, 0) is 4.79 Å². The van der Waals surface area contributed by atoms with E-state index in [1.54, 1.807) is 21.6 Å². The first-order chi connectivity index (χ1) is 5.31. The van der Waals surface area contributed by atoms with Crippen LogP contribution in [0, 0.1) is 0 Å². The maximum Gasteiger partial charge on any atom is 0.230 e. The van der Waals surface area contributed by atoms with Crippen LogP contribution in [0.15, 0.2) is 0 Å². The van der Waals surface area contributed by atoms with Crippen LogP contribution >= 0.6 is 21.6 Å². The molecule has 1 amide bonds. The van der Waals surface area contributed by atoms with Gasteiger partial charge >= 0.3 is 0 Å². The summed E-state index contributed by atoms with van der Waals surface area (Å²) in [6.45, 7) is 2.94. The summed E-state index contributed by atoms with van der Waals surface area (Å²) in [7, 11) is 3.20. The molecular weight excluding hydrogens is 178 g/mol. The van der Waals surface area contributed by atoms with E-state index in [0.717, 1.165) is 19.4 Å². The zero-order valence-corrected chi connectivity index (χ0v) is 8.69. The monoisotopic (exact) mass is 193 g/mol. The molecule has 0 aromatic heterocycles. The van der Waals surface area contributed by atoms with E-state index < -0.39 is 0 Å². The van der Waals surface area contributed by atoms with E-state index in [9.17, 15) is 4.79 Å². The van der Waals surface area contributed by atoms with Gasteiger partial charge in [0.25, 0.3) is 0 Å². The van der Waals surface area contributed by atoms with Crippen LogP contribution in [0.1, 0.15) is 19.8 Å². The summed E-state index contributed by atoms with van der Waals surface area (Å²) in [4.78, 5) is 10.9. The van der Waals surface area contributed by atoms with Crippen LogP contribution in [0.3, 0.4) is 0 Å². The van der Waals surface area contributed by atoms with Gasteiger partial charge in [-0.3, -0.25) is 4.79 Å². The molecule has 11 heavy (non-hydrogen) atoms. The van der Waals surface area contributed by atoms with Crippen LogP contribution in [0.4, 0.5) is 0 Å². The molecule has 0 aromatic rings. The van der Waals surface area contributed by atoms with Crippen molar-refractivity contribution in [2.45, 2.75) is 19.8 Å². The number of hydrogen-bond acceptors (Lipinski definition) is 3. The lowest BCUT2D eigenvalue weighted by Gasteiger charge is -2.01. The first-order valence-electron chi connectivity index (χ1n) is 3.73. The Hall–Kier alpha value is 0.170. The maximum absolute atomic E-state index is 10.9. The molecule has 0 unspecified atom stereocenters. The zero-order chi connectivity index (χ0) is 8.53. The molecule has 0 aromatic carbocycles. The Morgan fingerprint density at radius 1 is 1.55 bits per heavy atom. The highest BCUT2D eigenvalue weighted by atomic mass is 33.1. The van der Waals surface area contributed by atoms with Crippen molar-refractivity contribution >= 4 is 27.5 Å². The van der Waals surface area contributed by atoms with Crippen molar-refractivity contribution in [1.29, 1.82) is 0 Å². The fraction of sp³-hybridized carbons (Fsp3) is 0.857. The normalized spacial score (nSPS) is 9.64. The van der Waals surface area contributed by atoms with Gasteiger partial charge in [0.1, 0.15) is 0 Å². The van der Waals surface area contributed by atoms with E-state index in [1.807, 2.05) is 6.26 Å². The van der Waals surface area contributed by atoms with Gasteiger partial charge in [-0.05, 0) is 12.7 Å². The predicted octanol–water partition coefficient (Wildman–Crippen LogP) is 1.91. The Kier molecular flexibility index (Phi) is 8.40. The molecule has 0 aliphatic rings. The second-order valence-electron chi connectivity index (χ2n) is 2.13. The van der Waals surface area contributed by atoms with Crippen molar-refractivity contribution in [2.24, 2.45) is 0 Å². The van der Waals surface area contributed by atoms with Crippen molar-refractivity contribution in [3.8, 4) is 0 Å². The molecule has 0 heterocycles. The summed E-state index contributed by atoms with van der Waals surface area (Å²) < 4.78 is 0. The average molecular weight is 193 g/mol. The average Bonchev–Trinajstić information content (AvgIpc) is 2.01. The Labute approximate surface area is 76.3 Å². The molecule has 4 heteroatoms. The molecule has 1 N–H and O–H groups in total. The second kappa shape index (κ2) is 8.27. The third-order valence-electron chi connectivity index (χ3n) is 1.16. The van der Waals surface area contributed by atoms with Crippen molar-refractivity contribution < 1.29 is 4.79 Å². The molecule has 66 valence electrons. The molecule has 0 spiro atoms. The van der Waals surface area contributed by atoms with Crippen molar-refractivity contribution in [3.05, 3.63) is 0 Å². The molecule has 0 aliphatic heterocycles. The van der Waals surface area contributed by atoms with Gasteiger partial charge in [-0.1, -0.05) is 34.9 Å². The summed E-state index contributed by atoms with van der Waals surface area (Å²) in [5.41, 5.74) is 0. The molecule has 0 saturated carbocycles. The van der Waals surface area contributed by atoms with E-state index >= 15 is 0 Å². The SMILES string of the molecule is CCCCNC(=O)CSSC. The molecule has 2 nitrogen and oxygen atoms in total.